The number of rotatable bonds is 4. The molecule has 1 aliphatic rings. The second kappa shape index (κ2) is 7.63. The first-order valence-corrected chi connectivity index (χ1v) is 10.7. The van der Waals surface area contributed by atoms with Gasteiger partial charge in [0.1, 0.15) is 5.84 Å². The topological polar surface area (TPSA) is 91.7 Å². The first-order chi connectivity index (χ1) is 13.9. The number of para-hydroxylation sites is 1. The number of benzene rings is 2. The van der Waals surface area contributed by atoms with Gasteiger partial charge in [0, 0.05) is 37.3 Å². The van der Waals surface area contributed by atoms with E-state index in [0.717, 1.165) is 23.9 Å². The van der Waals surface area contributed by atoms with Gasteiger partial charge in [-0.1, -0.05) is 18.2 Å². The lowest BCUT2D eigenvalue weighted by Crippen LogP contribution is -2.20. The summed E-state index contributed by atoms with van der Waals surface area (Å²) in [5.41, 5.74) is 1.74. The Balaban J connectivity index is 1.54. The number of carbonyl (C=O) groups is 1. The Morgan fingerprint density at radius 3 is 2.59 bits per heavy atom. The number of aromatic nitrogens is 1. The highest BCUT2D eigenvalue weighted by atomic mass is 32.2. The average molecular weight is 408 g/mol. The van der Waals surface area contributed by atoms with Gasteiger partial charge in [-0.2, -0.15) is 8.42 Å². The molecule has 4 rings (SSSR count). The van der Waals surface area contributed by atoms with Crippen LogP contribution in [0.4, 0.5) is 5.69 Å². The number of hydrogen-bond donors (Lipinski definition) is 1. The predicted octanol–water partition coefficient (Wildman–Crippen LogP) is 3.30. The SMILES string of the molecule is CN1CCCC1=NS(=O)(=O)c1ccc(NC(=O)c2ccnc3ccccc23)cc1. The van der Waals surface area contributed by atoms with Crippen molar-refractivity contribution in [1.29, 1.82) is 0 Å². The molecule has 0 saturated carbocycles. The first kappa shape index (κ1) is 19.1. The molecule has 1 saturated heterocycles. The number of sulfonamides is 1. The van der Waals surface area contributed by atoms with Gasteiger partial charge in [-0.15, -0.1) is 4.40 Å². The lowest BCUT2D eigenvalue weighted by Gasteiger charge is -2.11. The van der Waals surface area contributed by atoms with Gasteiger partial charge in [0.2, 0.25) is 0 Å². The summed E-state index contributed by atoms with van der Waals surface area (Å²) in [6.45, 7) is 0.809. The monoisotopic (exact) mass is 408 g/mol. The molecular weight excluding hydrogens is 388 g/mol. The Morgan fingerprint density at radius 1 is 1.10 bits per heavy atom. The Bertz CT molecular complexity index is 1200. The van der Waals surface area contributed by atoms with Crippen LogP contribution in [-0.4, -0.2) is 43.6 Å². The molecule has 148 valence electrons. The minimum Gasteiger partial charge on any atom is -0.362 e. The molecule has 1 fully saturated rings. The lowest BCUT2D eigenvalue weighted by molar-refractivity contribution is 0.102. The van der Waals surface area contributed by atoms with Crippen molar-refractivity contribution in [3.8, 4) is 0 Å². The largest absolute Gasteiger partial charge is 0.362 e. The highest BCUT2D eigenvalue weighted by Gasteiger charge is 2.20. The molecule has 0 atom stereocenters. The quantitative estimate of drug-likeness (QED) is 0.715. The summed E-state index contributed by atoms with van der Waals surface area (Å²) in [7, 11) is -1.94. The van der Waals surface area contributed by atoms with E-state index in [1.807, 2.05) is 36.2 Å². The summed E-state index contributed by atoms with van der Waals surface area (Å²) in [5, 5.41) is 3.56. The van der Waals surface area contributed by atoms with Crippen molar-refractivity contribution in [2.75, 3.05) is 18.9 Å². The highest BCUT2D eigenvalue weighted by molar-refractivity contribution is 7.90. The molecule has 0 bridgehead atoms. The molecule has 1 aromatic heterocycles. The zero-order chi connectivity index (χ0) is 20.4. The van der Waals surface area contributed by atoms with E-state index in [4.69, 9.17) is 0 Å². The van der Waals surface area contributed by atoms with E-state index in [0.29, 0.717) is 23.5 Å². The van der Waals surface area contributed by atoms with E-state index in [1.165, 1.54) is 12.1 Å². The number of carbonyl (C=O) groups excluding carboxylic acids is 1. The van der Waals surface area contributed by atoms with Crippen LogP contribution < -0.4 is 5.32 Å². The van der Waals surface area contributed by atoms with Crippen LogP contribution in [0.25, 0.3) is 10.9 Å². The molecule has 0 aliphatic carbocycles. The molecular formula is C21H20N4O3S. The number of amides is 1. The van der Waals surface area contributed by atoms with E-state index in [1.54, 1.807) is 24.4 Å². The van der Waals surface area contributed by atoms with Gasteiger partial charge < -0.3 is 10.2 Å². The molecule has 1 amide bonds. The van der Waals surface area contributed by atoms with Gasteiger partial charge in [-0.05, 0) is 42.8 Å². The molecule has 0 radical (unpaired) electrons. The standard InChI is InChI=1S/C21H20N4O3S/c1-25-14-4-7-20(25)24-29(27,28)16-10-8-15(9-11-16)23-21(26)18-12-13-22-19-6-3-2-5-17(18)19/h2-3,5-6,8-13H,4,7,14H2,1H3,(H,23,26). The van der Waals surface area contributed by atoms with E-state index in [2.05, 4.69) is 14.7 Å². The molecule has 7 nitrogen and oxygen atoms in total. The number of likely N-dealkylation sites (tertiary alicyclic amines) is 1. The summed E-state index contributed by atoms with van der Waals surface area (Å²) >= 11 is 0. The van der Waals surface area contributed by atoms with Crippen LogP contribution in [0.5, 0.6) is 0 Å². The zero-order valence-electron chi connectivity index (χ0n) is 15.9. The fourth-order valence-corrected chi connectivity index (χ4v) is 4.40. The van der Waals surface area contributed by atoms with Crippen LogP contribution in [0, 0.1) is 0 Å². The average Bonchev–Trinajstić information content (AvgIpc) is 3.11. The van der Waals surface area contributed by atoms with Crippen molar-refractivity contribution < 1.29 is 13.2 Å². The lowest BCUT2D eigenvalue weighted by atomic mass is 10.1. The van der Waals surface area contributed by atoms with Crippen LogP contribution in [0.3, 0.4) is 0 Å². The Hall–Kier alpha value is -3.26. The first-order valence-electron chi connectivity index (χ1n) is 9.24. The second-order valence-corrected chi connectivity index (χ2v) is 8.47. The van der Waals surface area contributed by atoms with E-state index in [-0.39, 0.29) is 10.8 Å². The van der Waals surface area contributed by atoms with Gasteiger partial charge in [0.25, 0.3) is 15.9 Å². The van der Waals surface area contributed by atoms with E-state index >= 15 is 0 Å². The fraction of sp³-hybridized carbons (Fsp3) is 0.190. The van der Waals surface area contributed by atoms with Gasteiger partial charge in [-0.25, -0.2) is 0 Å². The molecule has 8 heteroatoms. The smallest absolute Gasteiger partial charge is 0.283 e. The van der Waals surface area contributed by atoms with Crippen molar-refractivity contribution >= 4 is 38.4 Å². The van der Waals surface area contributed by atoms with Crippen LogP contribution >= 0.6 is 0 Å². The summed E-state index contributed by atoms with van der Waals surface area (Å²) < 4.78 is 29.0. The van der Waals surface area contributed by atoms with E-state index in [9.17, 15) is 13.2 Å². The van der Waals surface area contributed by atoms with Crippen LogP contribution in [0.1, 0.15) is 23.2 Å². The maximum absolute atomic E-state index is 12.7. The fourth-order valence-electron chi connectivity index (χ4n) is 3.30. The number of fused-ring (bicyclic) bond motifs is 1. The molecule has 2 aromatic carbocycles. The zero-order valence-corrected chi connectivity index (χ0v) is 16.7. The minimum absolute atomic E-state index is 0.0951. The van der Waals surface area contributed by atoms with Gasteiger partial charge in [0.15, 0.2) is 0 Å². The predicted molar refractivity (Wildman–Crippen MR) is 113 cm³/mol. The molecule has 29 heavy (non-hydrogen) atoms. The third-order valence-corrected chi connectivity index (χ3v) is 6.18. The van der Waals surface area contributed by atoms with Gasteiger partial charge in [0.05, 0.1) is 16.0 Å². The number of hydrogen-bond acceptors (Lipinski definition) is 4. The molecule has 1 aliphatic heterocycles. The second-order valence-electron chi connectivity index (χ2n) is 6.86. The van der Waals surface area contributed by atoms with Crippen LogP contribution in [0.15, 0.2) is 70.1 Å². The third kappa shape index (κ3) is 3.97. The number of nitrogens with one attached hydrogen (secondary N) is 1. The van der Waals surface area contributed by atoms with Crippen molar-refractivity contribution in [3.05, 3.63) is 66.4 Å². The van der Waals surface area contributed by atoms with Crippen molar-refractivity contribution in [3.63, 3.8) is 0 Å². The van der Waals surface area contributed by atoms with Crippen molar-refractivity contribution in [2.45, 2.75) is 17.7 Å². The Kier molecular flexibility index (Phi) is 5.02. The maximum Gasteiger partial charge on any atom is 0.283 e. The summed E-state index contributed by atoms with van der Waals surface area (Å²) in [6, 6.07) is 15.1. The summed E-state index contributed by atoms with van der Waals surface area (Å²) in [4.78, 5) is 18.9. The number of amidine groups is 1. The molecule has 0 unspecified atom stereocenters. The van der Waals surface area contributed by atoms with Crippen LogP contribution in [0.2, 0.25) is 0 Å². The van der Waals surface area contributed by atoms with Gasteiger partial charge >= 0.3 is 0 Å². The normalized spacial score (nSPS) is 15.8. The van der Waals surface area contributed by atoms with Crippen molar-refractivity contribution in [2.24, 2.45) is 4.40 Å². The molecule has 2 heterocycles. The highest BCUT2D eigenvalue weighted by Crippen LogP contribution is 2.21. The summed E-state index contributed by atoms with van der Waals surface area (Å²) in [5.74, 6) is 0.291. The number of pyridine rings is 1. The third-order valence-electron chi connectivity index (χ3n) is 4.86. The van der Waals surface area contributed by atoms with Crippen molar-refractivity contribution in [1.82, 2.24) is 9.88 Å². The molecule has 0 spiro atoms. The van der Waals surface area contributed by atoms with E-state index < -0.39 is 10.0 Å². The maximum atomic E-state index is 12.7. The molecule has 1 N–H and O–H groups in total. The van der Waals surface area contributed by atoms with Crippen LogP contribution in [-0.2, 0) is 10.0 Å². The minimum atomic E-state index is -3.78. The Labute approximate surface area is 169 Å². The number of nitrogens with zero attached hydrogens (tertiary/aromatic N) is 3. The summed E-state index contributed by atoms with van der Waals surface area (Å²) in [6.07, 6.45) is 3.15. The van der Waals surface area contributed by atoms with Gasteiger partial charge in [-0.3, -0.25) is 9.78 Å². The number of anilines is 1. The Morgan fingerprint density at radius 2 is 1.86 bits per heavy atom. The molecule has 3 aromatic rings.